The first kappa shape index (κ1) is 18.7. The van der Waals surface area contributed by atoms with Crippen LogP contribution in [-0.4, -0.2) is 16.0 Å². The number of aromatic nitrogens is 2. The first-order valence-electron chi connectivity index (χ1n) is 7.57. The maximum absolute atomic E-state index is 13.0. The van der Waals surface area contributed by atoms with E-state index in [1.165, 1.54) is 30.5 Å². The topological polar surface area (TPSA) is 80.0 Å². The van der Waals surface area contributed by atoms with Crippen molar-refractivity contribution in [1.82, 2.24) is 10.1 Å². The average Bonchev–Trinajstić information content (AvgIpc) is 3.01. The quantitative estimate of drug-likeness (QED) is 0.645. The molecule has 2 N–H and O–H groups in total. The van der Waals surface area contributed by atoms with Gasteiger partial charge in [0.25, 0.3) is 5.91 Å². The predicted molar refractivity (Wildman–Crippen MR) is 93.2 cm³/mol. The number of nitrogens with zero attached hydrogens (tertiary/aromatic N) is 2. The van der Waals surface area contributed by atoms with Crippen LogP contribution in [-0.2, 0) is 6.18 Å². The second-order valence-corrected chi connectivity index (χ2v) is 5.93. The number of anilines is 3. The minimum atomic E-state index is -4.58. The third kappa shape index (κ3) is 4.56. The van der Waals surface area contributed by atoms with E-state index in [4.69, 9.17) is 16.1 Å². The highest BCUT2D eigenvalue weighted by Crippen LogP contribution is 2.36. The summed E-state index contributed by atoms with van der Waals surface area (Å²) in [6.45, 7) is 1.67. The summed E-state index contributed by atoms with van der Waals surface area (Å²) >= 11 is 5.61. The zero-order valence-electron chi connectivity index (χ0n) is 13.8. The normalized spacial score (nSPS) is 11.3. The van der Waals surface area contributed by atoms with Gasteiger partial charge in [-0.05, 0) is 37.3 Å². The number of hydrogen-bond acceptors (Lipinski definition) is 5. The highest BCUT2D eigenvalue weighted by molar-refractivity contribution is 6.31. The fraction of sp³-hybridized carbons (Fsp3) is 0.118. The van der Waals surface area contributed by atoms with Gasteiger partial charge in [0, 0.05) is 23.6 Å². The molecule has 3 aromatic rings. The second-order valence-electron chi connectivity index (χ2n) is 5.52. The third-order valence-corrected chi connectivity index (χ3v) is 3.75. The molecular formula is C17H12ClF3N4O2. The first-order chi connectivity index (χ1) is 12.7. The molecule has 140 valence electrons. The van der Waals surface area contributed by atoms with Crippen LogP contribution in [0.2, 0.25) is 5.02 Å². The zero-order chi connectivity index (χ0) is 19.6. The molecule has 0 radical (unpaired) electrons. The number of carbonyl (C=O) groups excluding carboxylic acids is 1. The molecule has 27 heavy (non-hydrogen) atoms. The van der Waals surface area contributed by atoms with Crippen LogP contribution in [0.5, 0.6) is 0 Å². The van der Waals surface area contributed by atoms with Gasteiger partial charge >= 0.3 is 6.18 Å². The summed E-state index contributed by atoms with van der Waals surface area (Å²) in [5.41, 5.74) is -0.369. The summed E-state index contributed by atoms with van der Waals surface area (Å²) in [5.74, 6) is 0.209. The van der Waals surface area contributed by atoms with Crippen LogP contribution in [0.3, 0.4) is 0 Å². The molecule has 0 fully saturated rings. The SMILES string of the molecule is Cc1cc(NC(=O)c2cc(Nc3ccc(Cl)c(C(F)(F)F)c3)ccn2)no1. The molecule has 6 nitrogen and oxygen atoms in total. The van der Waals surface area contributed by atoms with Gasteiger partial charge in [-0.25, -0.2) is 0 Å². The summed E-state index contributed by atoms with van der Waals surface area (Å²) < 4.78 is 43.7. The number of halogens is 4. The molecule has 10 heteroatoms. The molecule has 2 aromatic heterocycles. The smallest absolute Gasteiger partial charge is 0.360 e. The standard InChI is InChI=1S/C17H12ClF3N4O2/c1-9-6-15(25-27-9)24-16(26)14-8-11(4-5-22-14)23-10-2-3-13(18)12(7-10)17(19,20)21/h2-8H,1H3,(H,22,23)(H,24,25,26). The van der Waals surface area contributed by atoms with E-state index < -0.39 is 22.7 Å². The van der Waals surface area contributed by atoms with Crippen LogP contribution < -0.4 is 10.6 Å². The van der Waals surface area contributed by atoms with E-state index in [9.17, 15) is 18.0 Å². The van der Waals surface area contributed by atoms with E-state index in [0.717, 1.165) is 12.1 Å². The van der Waals surface area contributed by atoms with E-state index in [0.29, 0.717) is 11.4 Å². The Bertz CT molecular complexity index is 988. The summed E-state index contributed by atoms with van der Waals surface area (Å²) in [5, 5.41) is 8.55. The summed E-state index contributed by atoms with van der Waals surface area (Å²) in [6, 6.07) is 7.88. The van der Waals surface area contributed by atoms with E-state index in [1.54, 1.807) is 6.92 Å². The van der Waals surface area contributed by atoms with E-state index >= 15 is 0 Å². The lowest BCUT2D eigenvalue weighted by Crippen LogP contribution is -2.14. The highest BCUT2D eigenvalue weighted by Gasteiger charge is 2.33. The van der Waals surface area contributed by atoms with Crippen LogP contribution in [0.15, 0.2) is 47.1 Å². The van der Waals surface area contributed by atoms with Gasteiger partial charge in [-0.3, -0.25) is 9.78 Å². The molecule has 3 rings (SSSR count). The maximum atomic E-state index is 13.0. The Morgan fingerprint density at radius 3 is 2.56 bits per heavy atom. The van der Waals surface area contributed by atoms with Crippen molar-refractivity contribution < 1.29 is 22.5 Å². The number of carbonyl (C=O) groups is 1. The Morgan fingerprint density at radius 2 is 1.89 bits per heavy atom. The summed E-state index contributed by atoms with van der Waals surface area (Å²) in [4.78, 5) is 16.2. The molecule has 0 aliphatic rings. The van der Waals surface area contributed by atoms with Gasteiger partial charge in [-0.2, -0.15) is 13.2 Å². The van der Waals surface area contributed by atoms with Crippen LogP contribution in [0, 0.1) is 6.92 Å². The fourth-order valence-corrected chi connectivity index (χ4v) is 2.45. The fourth-order valence-electron chi connectivity index (χ4n) is 2.23. The van der Waals surface area contributed by atoms with Crippen LogP contribution in [0.4, 0.5) is 30.4 Å². The predicted octanol–water partition coefficient (Wildman–Crippen LogP) is 5.05. The number of pyridine rings is 1. The molecule has 2 heterocycles. The molecule has 0 saturated heterocycles. The van der Waals surface area contributed by atoms with Gasteiger partial charge in [-0.15, -0.1) is 0 Å². The molecule has 0 atom stereocenters. The van der Waals surface area contributed by atoms with Crippen LogP contribution >= 0.6 is 11.6 Å². The molecule has 1 amide bonds. The van der Waals surface area contributed by atoms with Crippen molar-refractivity contribution in [2.45, 2.75) is 13.1 Å². The Labute approximate surface area is 156 Å². The largest absolute Gasteiger partial charge is 0.417 e. The number of hydrogen-bond donors (Lipinski definition) is 2. The van der Waals surface area contributed by atoms with Crippen LogP contribution in [0.25, 0.3) is 0 Å². The number of rotatable bonds is 4. The molecule has 0 unspecified atom stereocenters. The molecule has 0 aliphatic heterocycles. The second kappa shape index (κ2) is 7.28. The first-order valence-corrected chi connectivity index (χ1v) is 7.94. The lowest BCUT2D eigenvalue weighted by molar-refractivity contribution is -0.137. The summed E-state index contributed by atoms with van der Waals surface area (Å²) in [6.07, 6.45) is -3.22. The summed E-state index contributed by atoms with van der Waals surface area (Å²) in [7, 11) is 0. The van der Waals surface area contributed by atoms with Crippen molar-refractivity contribution >= 4 is 34.7 Å². The minimum Gasteiger partial charge on any atom is -0.360 e. The molecule has 0 spiro atoms. The van der Waals surface area contributed by atoms with Gasteiger partial charge in [0.15, 0.2) is 5.82 Å². The van der Waals surface area contributed by atoms with Gasteiger partial charge < -0.3 is 15.2 Å². The van der Waals surface area contributed by atoms with Crippen LogP contribution in [0.1, 0.15) is 21.8 Å². The number of alkyl halides is 3. The minimum absolute atomic E-state index is 0.0469. The molecule has 0 aliphatic carbocycles. The lowest BCUT2D eigenvalue weighted by Gasteiger charge is -2.12. The van der Waals surface area contributed by atoms with E-state index in [2.05, 4.69) is 20.8 Å². The Hall–Kier alpha value is -3.07. The maximum Gasteiger partial charge on any atom is 0.417 e. The van der Waals surface area contributed by atoms with E-state index in [1.807, 2.05) is 0 Å². The van der Waals surface area contributed by atoms with Gasteiger partial charge in [0.1, 0.15) is 11.5 Å². The number of nitrogens with one attached hydrogen (secondary N) is 2. The Morgan fingerprint density at radius 1 is 1.15 bits per heavy atom. The monoisotopic (exact) mass is 396 g/mol. The zero-order valence-corrected chi connectivity index (χ0v) is 14.5. The van der Waals surface area contributed by atoms with Crippen molar-refractivity contribution in [3.05, 3.63) is 64.6 Å². The van der Waals surface area contributed by atoms with Gasteiger partial charge in [0.2, 0.25) is 0 Å². The number of aryl methyl sites for hydroxylation is 1. The highest BCUT2D eigenvalue weighted by atomic mass is 35.5. The van der Waals surface area contributed by atoms with Crippen molar-refractivity contribution in [2.24, 2.45) is 0 Å². The Balaban J connectivity index is 1.79. The number of amides is 1. The van der Waals surface area contributed by atoms with Gasteiger partial charge in [-0.1, -0.05) is 16.8 Å². The Kier molecular flexibility index (Phi) is 5.04. The van der Waals surface area contributed by atoms with E-state index in [-0.39, 0.29) is 17.2 Å². The third-order valence-electron chi connectivity index (χ3n) is 3.42. The number of benzene rings is 1. The average molecular weight is 397 g/mol. The van der Waals surface area contributed by atoms with Gasteiger partial charge in [0.05, 0.1) is 10.6 Å². The van der Waals surface area contributed by atoms with Crippen molar-refractivity contribution in [1.29, 1.82) is 0 Å². The molecule has 1 aromatic carbocycles. The lowest BCUT2D eigenvalue weighted by atomic mass is 10.2. The molecule has 0 bridgehead atoms. The van der Waals surface area contributed by atoms with Crippen molar-refractivity contribution in [3.63, 3.8) is 0 Å². The molecular weight excluding hydrogens is 385 g/mol. The van der Waals surface area contributed by atoms with Crippen molar-refractivity contribution in [3.8, 4) is 0 Å². The van der Waals surface area contributed by atoms with Crippen molar-refractivity contribution in [2.75, 3.05) is 10.6 Å². The molecule has 0 saturated carbocycles.